The standard InChI is InChI=1S/C17H16N4O4/c1-10-6-12(3)20(17(23)14(10)8-18)9-16(22)19-15-5-4-13(21(24)25)7-11(15)2/h4-7H,9H2,1-3H3,(H,19,22). The highest BCUT2D eigenvalue weighted by Crippen LogP contribution is 2.21. The zero-order valence-corrected chi connectivity index (χ0v) is 14.0. The maximum Gasteiger partial charge on any atom is 0.269 e. The van der Waals surface area contributed by atoms with Gasteiger partial charge in [-0.05, 0) is 44.0 Å². The van der Waals surface area contributed by atoms with Gasteiger partial charge in [0.1, 0.15) is 18.2 Å². The summed E-state index contributed by atoms with van der Waals surface area (Å²) in [5, 5.41) is 22.4. The molecule has 2 aromatic rings. The van der Waals surface area contributed by atoms with Gasteiger partial charge in [0.15, 0.2) is 0 Å². The Hall–Kier alpha value is -3.47. The van der Waals surface area contributed by atoms with E-state index in [9.17, 15) is 19.7 Å². The van der Waals surface area contributed by atoms with Gasteiger partial charge in [-0.2, -0.15) is 5.26 Å². The summed E-state index contributed by atoms with van der Waals surface area (Å²) in [7, 11) is 0. The number of carbonyl (C=O) groups excluding carboxylic acids is 1. The van der Waals surface area contributed by atoms with Crippen LogP contribution in [-0.2, 0) is 11.3 Å². The average molecular weight is 340 g/mol. The summed E-state index contributed by atoms with van der Waals surface area (Å²) in [5.41, 5.74) is 1.51. The first-order valence-corrected chi connectivity index (χ1v) is 7.40. The van der Waals surface area contributed by atoms with Gasteiger partial charge in [-0.1, -0.05) is 0 Å². The first kappa shape index (κ1) is 17.9. The van der Waals surface area contributed by atoms with E-state index in [0.29, 0.717) is 22.5 Å². The summed E-state index contributed by atoms with van der Waals surface area (Å²) in [6.45, 7) is 4.73. The topological polar surface area (TPSA) is 118 Å². The molecule has 1 heterocycles. The number of carbonyl (C=O) groups is 1. The van der Waals surface area contributed by atoms with Crippen molar-refractivity contribution in [3.8, 4) is 6.07 Å². The molecule has 8 nitrogen and oxygen atoms in total. The van der Waals surface area contributed by atoms with Crippen LogP contribution in [0.5, 0.6) is 0 Å². The van der Waals surface area contributed by atoms with E-state index in [1.54, 1.807) is 26.8 Å². The summed E-state index contributed by atoms with van der Waals surface area (Å²) < 4.78 is 1.22. The number of nitrogens with zero attached hydrogens (tertiary/aromatic N) is 3. The Labute approximate surface area is 143 Å². The Bertz CT molecular complexity index is 970. The van der Waals surface area contributed by atoms with Crippen LogP contribution in [0, 0.1) is 42.2 Å². The molecule has 0 bridgehead atoms. The highest BCUT2D eigenvalue weighted by Gasteiger charge is 2.14. The van der Waals surface area contributed by atoms with Crippen molar-refractivity contribution < 1.29 is 9.72 Å². The number of nitriles is 1. The molecule has 0 unspecified atom stereocenters. The maximum absolute atomic E-state index is 12.3. The fourth-order valence-corrected chi connectivity index (χ4v) is 2.49. The Kier molecular flexibility index (Phi) is 4.98. The van der Waals surface area contributed by atoms with Crippen LogP contribution in [0.25, 0.3) is 0 Å². The van der Waals surface area contributed by atoms with Crippen LogP contribution in [0.15, 0.2) is 29.1 Å². The molecule has 2 rings (SSSR count). The highest BCUT2D eigenvalue weighted by molar-refractivity contribution is 5.91. The number of anilines is 1. The Balaban J connectivity index is 2.26. The first-order chi connectivity index (χ1) is 11.7. The fourth-order valence-electron chi connectivity index (χ4n) is 2.49. The van der Waals surface area contributed by atoms with Crippen LogP contribution in [0.4, 0.5) is 11.4 Å². The minimum absolute atomic E-state index is 0.00455. The second-order valence-electron chi connectivity index (χ2n) is 5.65. The van der Waals surface area contributed by atoms with E-state index in [1.165, 1.54) is 22.8 Å². The van der Waals surface area contributed by atoms with E-state index in [1.807, 2.05) is 6.07 Å². The molecule has 0 radical (unpaired) electrons. The van der Waals surface area contributed by atoms with Gasteiger partial charge >= 0.3 is 0 Å². The molecule has 0 atom stereocenters. The zero-order valence-electron chi connectivity index (χ0n) is 14.0. The molecule has 0 fully saturated rings. The molecule has 128 valence electrons. The highest BCUT2D eigenvalue weighted by atomic mass is 16.6. The fraction of sp³-hybridized carbons (Fsp3) is 0.235. The molecule has 1 N–H and O–H groups in total. The van der Waals surface area contributed by atoms with E-state index < -0.39 is 16.4 Å². The Morgan fingerprint density at radius 1 is 1.28 bits per heavy atom. The summed E-state index contributed by atoms with van der Waals surface area (Å²) >= 11 is 0. The third-order valence-electron chi connectivity index (χ3n) is 3.81. The predicted molar refractivity (Wildman–Crippen MR) is 91.4 cm³/mol. The molecule has 8 heteroatoms. The SMILES string of the molecule is Cc1cc([N+](=O)[O-])ccc1NC(=O)Cn1c(C)cc(C)c(C#N)c1=O. The van der Waals surface area contributed by atoms with E-state index in [2.05, 4.69) is 5.32 Å². The molecule has 1 aromatic heterocycles. The lowest BCUT2D eigenvalue weighted by Crippen LogP contribution is -2.31. The van der Waals surface area contributed by atoms with Gasteiger partial charge in [0.05, 0.1) is 4.92 Å². The molecular weight excluding hydrogens is 324 g/mol. The lowest BCUT2D eigenvalue weighted by Gasteiger charge is -2.13. The number of pyridine rings is 1. The van der Waals surface area contributed by atoms with E-state index in [0.717, 1.165) is 0 Å². The van der Waals surface area contributed by atoms with Gasteiger partial charge in [-0.3, -0.25) is 19.7 Å². The summed E-state index contributed by atoms with van der Waals surface area (Å²) in [4.78, 5) is 34.8. The number of hydrogen-bond acceptors (Lipinski definition) is 5. The normalized spacial score (nSPS) is 10.2. The lowest BCUT2D eigenvalue weighted by atomic mass is 10.1. The number of aryl methyl sites for hydroxylation is 3. The molecule has 0 saturated carbocycles. The monoisotopic (exact) mass is 340 g/mol. The van der Waals surface area contributed by atoms with Crippen molar-refractivity contribution in [3.05, 3.63) is 67.1 Å². The smallest absolute Gasteiger partial charge is 0.269 e. The van der Waals surface area contributed by atoms with Crippen molar-refractivity contribution in [3.63, 3.8) is 0 Å². The average Bonchev–Trinajstić information content (AvgIpc) is 2.53. The number of hydrogen-bond donors (Lipinski definition) is 1. The van der Waals surface area contributed by atoms with Crippen LogP contribution < -0.4 is 10.9 Å². The molecule has 25 heavy (non-hydrogen) atoms. The number of nitrogens with one attached hydrogen (secondary N) is 1. The van der Waals surface area contributed by atoms with Gasteiger partial charge in [0.25, 0.3) is 11.2 Å². The number of aromatic nitrogens is 1. The number of benzene rings is 1. The number of nitro benzene ring substituents is 1. The molecule has 0 spiro atoms. The van der Waals surface area contributed by atoms with Crippen molar-refractivity contribution >= 4 is 17.3 Å². The molecule has 0 aliphatic carbocycles. The largest absolute Gasteiger partial charge is 0.324 e. The summed E-state index contributed by atoms with van der Waals surface area (Å²) in [5.74, 6) is -0.463. The van der Waals surface area contributed by atoms with Gasteiger partial charge < -0.3 is 9.88 Å². The Morgan fingerprint density at radius 2 is 1.96 bits per heavy atom. The number of non-ortho nitro benzene ring substituents is 1. The molecule has 1 aromatic carbocycles. The third-order valence-corrected chi connectivity index (χ3v) is 3.81. The minimum Gasteiger partial charge on any atom is -0.324 e. The van der Waals surface area contributed by atoms with Crippen molar-refractivity contribution in [2.75, 3.05) is 5.32 Å². The van der Waals surface area contributed by atoms with E-state index in [-0.39, 0.29) is 17.8 Å². The van der Waals surface area contributed by atoms with Gasteiger partial charge in [-0.15, -0.1) is 0 Å². The van der Waals surface area contributed by atoms with E-state index >= 15 is 0 Å². The van der Waals surface area contributed by atoms with Gasteiger partial charge in [0.2, 0.25) is 5.91 Å². The summed E-state index contributed by atoms with van der Waals surface area (Å²) in [6, 6.07) is 7.61. The maximum atomic E-state index is 12.3. The van der Waals surface area contributed by atoms with Crippen molar-refractivity contribution in [1.82, 2.24) is 4.57 Å². The number of amides is 1. The molecule has 0 aliphatic rings. The van der Waals surface area contributed by atoms with Crippen LogP contribution >= 0.6 is 0 Å². The van der Waals surface area contributed by atoms with Crippen LogP contribution in [-0.4, -0.2) is 15.4 Å². The zero-order chi connectivity index (χ0) is 18.7. The number of rotatable bonds is 4. The van der Waals surface area contributed by atoms with Crippen molar-refractivity contribution in [1.29, 1.82) is 5.26 Å². The van der Waals surface area contributed by atoms with E-state index in [4.69, 9.17) is 5.26 Å². The minimum atomic E-state index is -0.518. The predicted octanol–water partition coefficient (Wildman–Crippen LogP) is 2.19. The van der Waals surface area contributed by atoms with Crippen LogP contribution in [0.3, 0.4) is 0 Å². The third kappa shape index (κ3) is 3.72. The van der Waals surface area contributed by atoms with Crippen molar-refractivity contribution in [2.45, 2.75) is 27.3 Å². The molecule has 1 amide bonds. The second-order valence-corrected chi connectivity index (χ2v) is 5.65. The second kappa shape index (κ2) is 6.97. The van der Waals surface area contributed by atoms with Crippen molar-refractivity contribution in [2.24, 2.45) is 0 Å². The van der Waals surface area contributed by atoms with Crippen LogP contribution in [0.2, 0.25) is 0 Å². The number of nitro groups is 1. The first-order valence-electron chi connectivity index (χ1n) is 7.40. The molecule has 0 saturated heterocycles. The summed E-state index contributed by atoms with van der Waals surface area (Å²) in [6.07, 6.45) is 0. The molecular formula is C17H16N4O4. The molecule has 0 aliphatic heterocycles. The lowest BCUT2D eigenvalue weighted by molar-refractivity contribution is -0.384. The quantitative estimate of drug-likeness (QED) is 0.676. The van der Waals surface area contributed by atoms with Crippen LogP contribution in [0.1, 0.15) is 22.4 Å². The van der Waals surface area contributed by atoms with Gasteiger partial charge in [0, 0.05) is 23.5 Å². The van der Waals surface area contributed by atoms with Gasteiger partial charge in [-0.25, -0.2) is 0 Å². The Morgan fingerprint density at radius 3 is 2.52 bits per heavy atom.